The van der Waals surface area contributed by atoms with E-state index in [-0.39, 0.29) is 5.75 Å². The van der Waals surface area contributed by atoms with Gasteiger partial charge in [-0.2, -0.15) is 0 Å². The first kappa shape index (κ1) is 9.52. The van der Waals surface area contributed by atoms with E-state index < -0.39 is 0 Å². The third kappa shape index (κ3) is 1.91. The van der Waals surface area contributed by atoms with Gasteiger partial charge in [-0.15, -0.1) is 0 Å². The van der Waals surface area contributed by atoms with Crippen molar-refractivity contribution in [2.24, 2.45) is 0 Å². The molecule has 0 spiro atoms. The SMILES string of the molecule is CN(c1ccccn1)c1ccccc1O. The van der Waals surface area contributed by atoms with Gasteiger partial charge in [0.05, 0.1) is 5.69 Å². The van der Waals surface area contributed by atoms with Crippen LogP contribution in [0, 0.1) is 0 Å². The molecule has 0 aliphatic carbocycles. The molecular weight excluding hydrogens is 188 g/mol. The Bertz CT molecular complexity index is 442. The molecule has 76 valence electrons. The number of hydrogen-bond donors (Lipinski definition) is 1. The Hall–Kier alpha value is -2.03. The predicted octanol–water partition coefficient (Wildman–Crippen LogP) is 2.56. The van der Waals surface area contributed by atoms with Crippen molar-refractivity contribution in [3.63, 3.8) is 0 Å². The monoisotopic (exact) mass is 200 g/mol. The zero-order chi connectivity index (χ0) is 10.7. The molecule has 0 aliphatic heterocycles. The minimum absolute atomic E-state index is 0.255. The average Bonchev–Trinajstić information content (AvgIpc) is 2.30. The summed E-state index contributed by atoms with van der Waals surface area (Å²) in [6.07, 6.45) is 1.73. The molecule has 0 fully saturated rings. The molecule has 1 aromatic heterocycles. The number of para-hydroxylation sites is 2. The summed E-state index contributed by atoms with van der Waals surface area (Å²) in [5.74, 6) is 1.06. The quantitative estimate of drug-likeness (QED) is 0.809. The summed E-state index contributed by atoms with van der Waals surface area (Å²) in [6.45, 7) is 0. The molecule has 1 N–H and O–H groups in total. The molecule has 0 unspecified atom stereocenters. The number of nitrogens with zero attached hydrogens (tertiary/aromatic N) is 2. The Morgan fingerprint density at radius 2 is 1.80 bits per heavy atom. The van der Waals surface area contributed by atoms with Crippen molar-refractivity contribution >= 4 is 11.5 Å². The Kier molecular flexibility index (Phi) is 2.54. The molecule has 0 atom stereocenters. The van der Waals surface area contributed by atoms with Crippen molar-refractivity contribution in [1.29, 1.82) is 0 Å². The Balaban J connectivity index is 2.37. The van der Waals surface area contributed by atoms with Crippen LogP contribution < -0.4 is 4.90 Å². The van der Waals surface area contributed by atoms with Crippen molar-refractivity contribution in [2.45, 2.75) is 0 Å². The van der Waals surface area contributed by atoms with E-state index in [2.05, 4.69) is 4.98 Å². The van der Waals surface area contributed by atoms with Crippen LogP contribution in [-0.4, -0.2) is 17.1 Å². The smallest absolute Gasteiger partial charge is 0.139 e. The molecule has 2 aromatic rings. The molecule has 1 aromatic carbocycles. The number of aromatic hydroxyl groups is 1. The maximum atomic E-state index is 9.67. The van der Waals surface area contributed by atoms with Gasteiger partial charge in [0.2, 0.25) is 0 Å². The van der Waals surface area contributed by atoms with Gasteiger partial charge in [-0.05, 0) is 24.3 Å². The molecule has 3 nitrogen and oxygen atoms in total. The molecule has 2 rings (SSSR count). The van der Waals surface area contributed by atoms with E-state index in [1.807, 2.05) is 42.3 Å². The van der Waals surface area contributed by atoms with E-state index in [0.29, 0.717) is 0 Å². The number of phenolic OH excluding ortho intramolecular Hbond substituents is 1. The Morgan fingerprint density at radius 1 is 1.07 bits per heavy atom. The van der Waals surface area contributed by atoms with Crippen LogP contribution in [0.1, 0.15) is 0 Å². The zero-order valence-corrected chi connectivity index (χ0v) is 8.46. The number of pyridine rings is 1. The van der Waals surface area contributed by atoms with E-state index in [0.717, 1.165) is 11.5 Å². The largest absolute Gasteiger partial charge is 0.506 e. The van der Waals surface area contributed by atoms with Crippen LogP contribution in [0.2, 0.25) is 0 Å². The van der Waals surface area contributed by atoms with Gasteiger partial charge in [0, 0.05) is 13.2 Å². The van der Waals surface area contributed by atoms with E-state index in [4.69, 9.17) is 0 Å². The lowest BCUT2D eigenvalue weighted by atomic mass is 10.2. The summed E-state index contributed by atoms with van der Waals surface area (Å²) >= 11 is 0. The molecular formula is C12H12N2O. The van der Waals surface area contributed by atoms with Gasteiger partial charge in [-0.1, -0.05) is 18.2 Å². The average molecular weight is 200 g/mol. The fourth-order valence-electron chi connectivity index (χ4n) is 1.42. The molecule has 15 heavy (non-hydrogen) atoms. The van der Waals surface area contributed by atoms with E-state index >= 15 is 0 Å². The zero-order valence-electron chi connectivity index (χ0n) is 8.46. The van der Waals surface area contributed by atoms with Crippen LogP contribution in [0.3, 0.4) is 0 Å². The third-order valence-corrected chi connectivity index (χ3v) is 2.24. The van der Waals surface area contributed by atoms with Gasteiger partial charge < -0.3 is 10.0 Å². The standard InChI is InChI=1S/C12H12N2O/c1-14(12-8-4-5-9-13-12)10-6-2-3-7-11(10)15/h2-9,15H,1H3. The van der Waals surface area contributed by atoms with Crippen molar-refractivity contribution in [2.75, 3.05) is 11.9 Å². The van der Waals surface area contributed by atoms with E-state index in [1.54, 1.807) is 18.3 Å². The maximum Gasteiger partial charge on any atom is 0.139 e. The van der Waals surface area contributed by atoms with Gasteiger partial charge in [0.1, 0.15) is 11.6 Å². The molecule has 0 saturated heterocycles. The lowest BCUT2D eigenvalue weighted by Gasteiger charge is -2.18. The Morgan fingerprint density at radius 3 is 2.47 bits per heavy atom. The van der Waals surface area contributed by atoms with Crippen LogP contribution in [0.4, 0.5) is 11.5 Å². The highest BCUT2D eigenvalue weighted by atomic mass is 16.3. The second-order valence-electron chi connectivity index (χ2n) is 3.24. The van der Waals surface area contributed by atoms with Crippen molar-refractivity contribution in [1.82, 2.24) is 4.98 Å². The first-order valence-corrected chi connectivity index (χ1v) is 4.72. The van der Waals surface area contributed by atoms with Crippen molar-refractivity contribution < 1.29 is 5.11 Å². The number of hydrogen-bond acceptors (Lipinski definition) is 3. The van der Waals surface area contributed by atoms with Crippen LogP contribution in [0.25, 0.3) is 0 Å². The lowest BCUT2D eigenvalue weighted by molar-refractivity contribution is 0.476. The predicted molar refractivity (Wildman–Crippen MR) is 60.4 cm³/mol. The lowest BCUT2D eigenvalue weighted by Crippen LogP contribution is -2.10. The summed E-state index contributed by atoms with van der Waals surface area (Å²) < 4.78 is 0. The fourth-order valence-corrected chi connectivity index (χ4v) is 1.42. The summed E-state index contributed by atoms with van der Waals surface area (Å²) in [4.78, 5) is 6.05. The molecule has 3 heteroatoms. The van der Waals surface area contributed by atoms with Crippen LogP contribution >= 0.6 is 0 Å². The Labute approximate surface area is 88.6 Å². The molecule has 0 amide bonds. The third-order valence-electron chi connectivity index (χ3n) is 2.24. The highest BCUT2D eigenvalue weighted by Crippen LogP contribution is 2.29. The first-order valence-electron chi connectivity index (χ1n) is 4.72. The van der Waals surface area contributed by atoms with Crippen LogP contribution in [-0.2, 0) is 0 Å². The molecule has 0 aliphatic rings. The number of benzene rings is 1. The molecule has 0 bridgehead atoms. The number of rotatable bonds is 2. The number of anilines is 2. The van der Waals surface area contributed by atoms with Gasteiger partial charge >= 0.3 is 0 Å². The maximum absolute atomic E-state index is 9.67. The second kappa shape index (κ2) is 4.00. The van der Waals surface area contributed by atoms with Crippen LogP contribution in [0.15, 0.2) is 48.7 Å². The highest BCUT2D eigenvalue weighted by molar-refractivity contribution is 5.65. The van der Waals surface area contributed by atoms with Gasteiger partial charge in [0.25, 0.3) is 0 Å². The summed E-state index contributed by atoms with van der Waals surface area (Å²) in [6, 6.07) is 12.9. The molecule has 1 heterocycles. The number of phenols is 1. The molecule has 0 radical (unpaired) electrons. The van der Waals surface area contributed by atoms with Gasteiger partial charge in [0.15, 0.2) is 0 Å². The summed E-state index contributed by atoms with van der Waals surface area (Å²) in [5.41, 5.74) is 0.746. The normalized spacial score (nSPS) is 9.93. The minimum Gasteiger partial charge on any atom is -0.506 e. The van der Waals surface area contributed by atoms with Crippen molar-refractivity contribution in [3.8, 4) is 5.75 Å². The van der Waals surface area contributed by atoms with E-state index in [9.17, 15) is 5.11 Å². The van der Waals surface area contributed by atoms with Gasteiger partial charge in [-0.25, -0.2) is 4.98 Å². The van der Waals surface area contributed by atoms with Gasteiger partial charge in [-0.3, -0.25) is 0 Å². The highest BCUT2D eigenvalue weighted by Gasteiger charge is 2.07. The minimum atomic E-state index is 0.255. The first-order chi connectivity index (χ1) is 7.29. The topological polar surface area (TPSA) is 36.4 Å². The van der Waals surface area contributed by atoms with Crippen LogP contribution in [0.5, 0.6) is 5.75 Å². The van der Waals surface area contributed by atoms with E-state index in [1.165, 1.54) is 0 Å². The molecule has 0 saturated carbocycles. The summed E-state index contributed by atoms with van der Waals surface area (Å²) in [7, 11) is 1.87. The summed E-state index contributed by atoms with van der Waals surface area (Å²) in [5, 5.41) is 9.67. The second-order valence-corrected chi connectivity index (χ2v) is 3.24. The fraction of sp³-hybridized carbons (Fsp3) is 0.0833. The number of aromatic nitrogens is 1. The van der Waals surface area contributed by atoms with Crippen molar-refractivity contribution in [3.05, 3.63) is 48.7 Å².